The maximum Gasteiger partial charge on any atom is 0.521 e. The molecule has 14 heavy (non-hydrogen) atoms. The summed E-state index contributed by atoms with van der Waals surface area (Å²) in [5.74, 6) is 0. The molecular weight excluding hydrogens is 200 g/mol. The number of hydrogen-bond donors (Lipinski definition) is 0. The summed E-state index contributed by atoms with van der Waals surface area (Å²) in [6.45, 7) is 3.54. The molecule has 0 N–H and O–H groups in total. The van der Waals surface area contributed by atoms with Gasteiger partial charge in [-0.15, -0.1) is 0 Å². The zero-order valence-electron chi connectivity index (χ0n) is 8.10. The molecule has 0 aromatic heterocycles. The summed E-state index contributed by atoms with van der Waals surface area (Å²) in [4.78, 5) is 11.8. The first-order valence-corrected chi connectivity index (χ1v) is 5.03. The minimum absolute atomic E-state index is 0.154. The van der Waals surface area contributed by atoms with Gasteiger partial charge in [-0.2, -0.15) is 0 Å². The monoisotopic (exact) mass is 212 g/mol. The summed E-state index contributed by atoms with van der Waals surface area (Å²) in [5.41, 5.74) is 0. The van der Waals surface area contributed by atoms with Crippen molar-refractivity contribution in [3.8, 4) is 0 Å². The highest BCUT2D eigenvalue weighted by atomic mass is 32.2. The Morgan fingerprint density at radius 2 is 1.93 bits per heavy atom. The van der Waals surface area contributed by atoms with Gasteiger partial charge in [0, 0.05) is 4.90 Å². The minimum atomic E-state index is -0.658. The van der Waals surface area contributed by atoms with Gasteiger partial charge in [0.2, 0.25) is 0 Å². The highest BCUT2D eigenvalue weighted by molar-refractivity contribution is 7.95. The van der Waals surface area contributed by atoms with Crippen LogP contribution in [0.25, 0.3) is 0 Å². The summed E-state index contributed by atoms with van der Waals surface area (Å²) >= 11 is 0.996. The van der Waals surface area contributed by atoms with E-state index in [1.54, 1.807) is 13.8 Å². The lowest BCUT2D eigenvalue weighted by Gasteiger charge is -2.06. The van der Waals surface area contributed by atoms with Crippen molar-refractivity contribution in [2.24, 2.45) is 0 Å². The van der Waals surface area contributed by atoms with Crippen molar-refractivity contribution in [1.29, 1.82) is 0 Å². The van der Waals surface area contributed by atoms with E-state index in [9.17, 15) is 4.79 Å². The van der Waals surface area contributed by atoms with Gasteiger partial charge in [0.1, 0.15) is 0 Å². The second kappa shape index (κ2) is 5.54. The van der Waals surface area contributed by atoms with Crippen molar-refractivity contribution in [3.63, 3.8) is 0 Å². The van der Waals surface area contributed by atoms with E-state index >= 15 is 0 Å². The molecule has 0 amide bonds. The third kappa shape index (κ3) is 4.18. The average Bonchev–Trinajstić information content (AvgIpc) is 2.15. The maximum absolute atomic E-state index is 11.0. The third-order valence-electron chi connectivity index (χ3n) is 1.28. The first-order chi connectivity index (χ1) is 6.68. The summed E-state index contributed by atoms with van der Waals surface area (Å²) in [7, 11) is 0. The molecule has 0 radical (unpaired) electrons. The van der Waals surface area contributed by atoms with Gasteiger partial charge in [0.15, 0.2) is 0 Å². The lowest BCUT2D eigenvalue weighted by molar-refractivity contribution is 0.0790. The fourth-order valence-electron chi connectivity index (χ4n) is 0.770. The van der Waals surface area contributed by atoms with Gasteiger partial charge in [0.05, 0.1) is 18.1 Å². The fourth-order valence-corrected chi connectivity index (χ4v) is 1.24. The molecular formula is C10H12O3S. The van der Waals surface area contributed by atoms with E-state index < -0.39 is 6.16 Å². The highest BCUT2D eigenvalue weighted by Crippen LogP contribution is 2.18. The Morgan fingerprint density at radius 1 is 1.29 bits per heavy atom. The lowest BCUT2D eigenvalue weighted by atomic mass is 10.4. The van der Waals surface area contributed by atoms with Crippen molar-refractivity contribution in [3.05, 3.63) is 30.3 Å². The van der Waals surface area contributed by atoms with Gasteiger partial charge in [-0.25, -0.2) is 4.79 Å². The van der Waals surface area contributed by atoms with Crippen LogP contribution in [-0.4, -0.2) is 12.3 Å². The molecule has 0 unspecified atom stereocenters. The number of ether oxygens (including phenoxy) is 1. The Hall–Kier alpha value is -1.16. The quantitative estimate of drug-likeness (QED) is 0.569. The SMILES string of the molecule is CC(C)OC(=O)OSc1ccccc1. The molecule has 0 fully saturated rings. The van der Waals surface area contributed by atoms with E-state index in [1.807, 2.05) is 30.3 Å². The van der Waals surface area contributed by atoms with Crippen LogP contribution in [0.2, 0.25) is 0 Å². The van der Waals surface area contributed by atoms with Crippen LogP contribution < -0.4 is 0 Å². The Bertz CT molecular complexity index is 285. The van der Waals surface area contributed by atoms with E-state index in [1.165, 1.54) is 0 Å². The molecule has 0 aliphatic carbocycles. The van der Waals surface area contributed by atoms with Gasteiger partial charge >= 0.3 is 6.16 Å². The van der Waals surface area contributed by atoms with E-state index in [4.69, 9.17) is 8.92 Å². The van der Waals surface area contributed by atoms with Crippen LogP contribution in [0.3, 0.4) is 0 Å². The molecule has 1 rings (SSSR count). The molecule has 0 aliphatic heterocycles. The molecule has 0 aliphatic rings. The molecule has 0 atom stereocenters. The zero-order chi connectivity index (χ0) is 10.4. The van der Waals surface area contributed by atoms with E-state index in [0.29, 0.717) is 0 Å². The number of carbonyl (C=O) groups is 1. The molecule has 1 aromatic rings. The van der Waals surface area contributed by atoms with Crippen molar-refractivity contribution >= 4 is 18.2 Å². The Kier molecular flexibility index (Phi) is 4.32. The number of benzene rings is 1. The van der Waals surface area contributed by atoms with Crippen LogP contribution in [0.15, 0.2) is 35.2 Å². The predicted octanol–water partition coefficient (Wildman–Crippen LogP) is 3.26. The summed E-state index contributed by atoms with van der Waals surface area (Å²) in [6, 6.07) is 9.36. The average molecular weight is 212 g/mol. The molecule has 0 saturated heterocycles. The van der Waals surface area contributed by atoms with Crippen LogP contribution in [0.5, 0.6) is 0 Å². The topological polar surface area (TPSA) is 35.5 Å². The van der Waals surface area contributed by atoms with E-state index in [0.717, 1.165) is 16.9 Å². The molecule has 0 spiro atoms. The van der Waals surface area contributed by atoms with Gasteiger partial charge < -0.3 is 8.92 Å². The van der Waals surface area contributed by atoms with Gasteiger partial charge in [0.25, 0.3) is 0 Å². The smallest absolute Gasteiger partial charge is 0.431 e. The van der Waals surface area contributed by atoms with E-state index in [2.05, 4.69) is 0 Å². The van der Waals surface area contributed by atoms with Crippen LogP contribution >= 0.6 is 12.0 Å². The third-order valence-corrected chi connectivity index (χ3v) is 1.97. The zero-order valence-corrected chi connectivity index (χ0v) is 8.91. The van der Waals surface area contributed by atoms with Crippen LogP contribution in [0, 0.1) is 0 Å². The number of carbonyl (C=O) groups excluding carboxylic acids is 1. The maximum atomic E-state index is 11.0. The Labute approximate surface area is 87.6 Å². The van der Waals surface area contributed by atoms with Crippen LogP contribution in [-0.2, 0) is 8.92 Å². The fraction of sp³-hybridized carbons (Fsp3) is 0.300. The van der Waals surface area contributed by atoms with Crippen molar-refractivity contribution in [1.82, 2.24) is 0 Å². The predicted molar refractivity (Wildman–Crippen MR) is 55.0 cm³/mol. The second-order valence-electron chi connectivity index (χ2n) is 2.90. The molecule has 3 nitrogen and oxygen atoms in total. The molecule has 76 valence electrons. The Morgan fingerprint density at radius 3 is 2.50 bits per heavy atom. The molecule has 0 saturated carbocycles. The van der Waals surface area contributed by atoms with Crippen LogP contribution in [0.4, 0.5) is 4.79 Å². The highest BCUT2D eigenvalue weighted by Gasteiger charge is 2.07. The summed E-state index contributed by atoms with van der Waals surface area (Å²) < 4.78 is 9.58. The normalized spacial score (nSPS) is 9.93. The summed E-state index contributed by atoms with van der Waals surface area (Å²) in [6.07, 6.45) is -0.812. The molecule has 0 bridgehead atoms. The number of rotatable bonds is 3. The minimum Gasteiger partial charge on any atom is -0.431 e. The first-order valence-electron chi connectivity index (χ1n) is 4.28. The molecule has 0 heterocycles. The number of hydrogen-bond acceptors (Lipinski definition) is 4. The standard InChI is InChI=1S/C10H12O3S/c1-8(2)12-10(11)13-14-9-6-4-3-5-7-9/h3-8H,1-2H3. The first kappa shape index (κ1) is 10.9. The second-order valence-corrected chi connectivity index (χ2v) is 3.70. The molecule has 4 heteroatoms. The van der Waals surface area contributed by atoms with Gasteiger partial charge in [-0.3, -0.25) is 0 Å². The van der Waals surface area contributed by atoms with Gasteiger partial charge in [-0.1, -0.05) is 18.2 Å². The van der Waals surface area contributed by atoms with Gasteiger partial charge in [-0.05, 0) is 26.0 Å². The van der Waals surface area contributed by atoms with Crippen molar-refractivity contribution in [2.75, 3.05) is 0 Å². The van der Waals surface area contributed by atoms with E-state index in [-0.39, 0.29) is 6.10 Å². The van der Waals surface area contributed by atoms with Crippen molar-refractivity contribution < 1.29 is 13.7 Å². The molecule has 1 aromatic carbocycles. The van der Waals surface area contributed by atoms with Crippen molar-refractivity contribution in [2.45, 2.75) is 24.8 Å². The largest absolute Gasteiger partial charge is 0.521 e. The Balaban J connectivity index is 2.31. The lowest BCUT2D eigenvalue weighted by Crippen LogP contribution is -2.09. The summed E-state index contributed by atoms with van der Waals surface area (Å²) in [5, 5.41) is 0. The van der Waals surface area contributed by atoms with Crippen LogP contribution in [0.1, 0.15) is 13.8 Å².